The molecule has 16 heavy (non-hydrogen) atoms. The molecule has 0 N–H and O–H groups in total. The molecule has 0 spiro atoms. The highest BCUT2D eigenvalue weighted by atomic mass is 79.9. The van der Waals surface area contributed by atoms with E-state index < -0.39 is 0 Å². The monoisotopic (exact) mass is 312 g/mol. The fraction of sp³-hybridized carbons (Fsp3) is 0.0833. The van der Waals surface area contributed by atoms with Crippen LogP contribution in [0.25, 0.3) is 0 Å². The predicted molar refractivity (Wildman–Crippen MR) is 73.7 cm³/mol. The maximum atomic E-state index is 12.2. The third-order valence-electron chi connectivity index (χ3n) is 2.15. The first-order chi connectivity index (χ1) is 7.72. The van der Waals surface area contributed by atoms with Crippen molar-refractivity contribution in [2.45, 2.75) is 4.90 Å². The standard InChI is InChI=1S/C12H9BrOS2/c1-15-9-5-3-2-4-8(9)12(14)10-6-7-11(13)16-10/h2-7H,1H3. The number of thiophene rings is 1. The summed E-state index contributed by atoms with van der Waals surface area (Å²) in [6.45, 7) is 0. The Kier molecular flexibility index (Phi) is 3.84. The first kappa shape index (κ1) is 11.9. The normalized spacial score (nSPS) is 10.4. The lowest BCUT2D eigenvalue weighted by Crippen LogP contribution is -2.00. The second-order valence-electron chi connectivity index (χ2n) is 3.13. The molecule has 0 radical (unpaired) electrons. The fourth-order valence-electron chi connectivity index (χ4n) is 1.40. The van der Waals surface area contributed by atoms with Crippen LogP contribution in [-0.2, 0) is 0 Å². The Morgan fingerprint density at radius 1 is 1.25 bits per heavy atom. The summed E-state index contributed by atoms with van der Waals surface area (Å²) in [6, 6.07) is 11.5. The summed E-state index contributed by atoms with van der Waals surface area (Å²) >= 11 is 6.43. The largest absolute Gasteiger partial charge is 0.288 e. The summed E-state index contributed by atoms with van der Waals surface area (Å²) in [4.78, 5) is 14.0. The summed E-state index contributed by atoms with van der Waals surface area (Å²) in [7, 11) is 0. The highest BCUT2D eigenvalue weighted by molar-refractivity contribution is 9.11. The van der Waals surface area contributed by atoms with E-state index >= 15 is 0 Å². The minimum Gasteiger partial charge on any atom is -0.288 e. The van der Waals surface area contributed by atoms with E-state index in [1.165, 1.54) is 11.3 Å². The summed E-state index contributed by atoms with van der Waals surface area (Å²) in [5.74, 6) is 0.0978. The van der Waals surface area contributed by atoms with Crippen molar-refractivity contribution in [3.8, 4) is 0 Å². The molecule has 0 aliphatic heterocycles. The molecular weight excluding hydrogens is 304 g/mol. The van der Waals surface area contributed by atoms with Crippen molar-refractivity contribution in [2.24, 2.45) is 0 Å². The molecular formula is C12H9BrOS2. The second-order valence-corrected chi connectivity index (χ2v) is 6.44. The van der Waals surface area contributed by atoms with Gasteiger partial charge in [-0.3, -0.25) is 4.79 Å². The molecule has 1 aromatic carbocycles. The van der Waals surface area contributed by atoms with Crippen LogP contribution in [0.3, 0.4) is 0 Å². The van der Waals surface area contributed by atoms with Gasteiger partial charge in [-0.2, -0.15) is 0 Å². The Morgan fingerprint density at radius 3 is 2.62 bits per heavy atom. The zero-order valence-electron chi connectivity index (χ0n) is 8.57. The Balaban J connectivity index is 2.41. The summed E-state index contributed by atoms with van der Waals surface area (Å²) < 4.78 is 0.984. The maximum Gasteiger partial charge on any atom is 0.204 e. The lowest BCUT2D eigenvalue weighted by molar-refractivity contribution is 0.104. The van der Waals surface area contributed by atoms with Crippen LogP contribution in [0.15, 0.2) is 45.1 Å². The molecule has 0 aliphatic rings. The molecule has 0 bridgehead atoms. The highest BCUT2D eigenvalue weighted by Crippen LogP contribution is 2.27. The van der Waals surface area contributed by atoms with Crippen LogP contribution in [0.1, 0.15) is 15.2 Å². The van der Waals surface area contributed by atoms with E-state index in [9.17, 15) is 4.79 Å². The van der Waals surface area contributed by atoms with Gasteiger partial charge in [-0.05, 0) is 46.5 Å². The number of halogens is 1. The van der Waals surface area contributed by atoms with E-state index in [0.717, 1.165) is 19.1 Å². The second kappa shape index (κ2) is 5.17. The van der Waals surface area contributed by atoms with E-state index in [1.54, 1.807) is 11.8 Å². The molecule has 1 heterocycles. The fourth-order valence-corrected chi connectivity index (χ4v) is 3.34. The molecule has 0 saturated heterocycles. The van der Waals surface area contributed by atoms with Crippen LogP contribution in [0.5, 0.6) is 0 Å². The number of rotatable bonds is 3. The maximum absolute atomic E-state index is 12.2. The van der Waals surface area contributed by atoms with Gasteiger partial charge in [0.1, 0.15) is 0 Å². The Labute approximate surface area is 111 Å². The molecule has 82 valence electrons. The number of carbonyl (C=O) groups is 1. The van der Waals surface area contributed by atoms with Crippen LogP contribution >= 0.6 is 39.0 Å². The quantitative estimate of drug-likeness (QED) is 0.614. The van der Waals surface area contributed by atoms with Crippen LogP contribution < -0.4 is 0 Å². The molecule has 4 heteroatoms. The van der Waals surface area contributed by atoms with Gasteiger partial charge >= 0.3 is 0 Å². The topological polar surface area (TPSA) is 17.1 Å². The number of hydrogen-bond acceptors (Lipinski definition) is 3. The first-order valence-corrected chi connectivity index (χ1v) is 7.49. The Morgan fingerprint density at radius 2 is 2.00 bits per heavy atom. The average Bonchev–Trinajstić information content (AvgIpc) is 2.75. The molecule has 0 saturated carbocycles. The predicted octanol–water partition coefficient (Wildman–Crippen LogP) is 4.46. The SMILES string of the molecule is CSc1ccccc1C(=O)c1ccc(Br)s1. The van der Waals surface area contributed by atoms with Crippen LogP contribution in [0.2, 0.25) is 0 Å². The van der Waals surface area contributed by atoms with Gasteiger partial charge in [-0.25, -0.2) is 0 Å². The van der Waals surface area contributed by atoms with Gasteiger partial charge in [0.2, 0.25) is 5.78 Å². The van der Waals surface area contributed by atoms with Gasteiger partial charge in [-0.15, -0.1) is 23.1 Å². The minimum absolute atomic E-state index is 0.0978. The number of hydrogen-bond donors (Lipinski definition) is 0. The first-order valence-electron chi connectivity index (χ1n) is 4.65. The van der Waals surface area contributed by atoms with Crippen molar-refractivity contribution in [3.63, 3.8) is 0 Å². The number of benzene rings is 1. The average molecular weight is 313 g/mol. The number of ketones is 1. The molecule has 0 atom stereocenters. The third kappa shape index (κ3) is 2.39. The van der Waals surface area contributed by atoms with Crippen molar-refractivity contribution in [1.29, 1.82) is 0 Å². The van der Waals surface area contributed by atoms with Crippen LogP contribution in [0.4, 0.5) is 0 Å². The molecule has 0 amide bonds. The van der Waals surface area contributed by atoms with Crippen molar-refractivity contribution < 1.29 is 4.79 Å². The molecule has 2 rings (SSSR count). The van der Waals surface area contributed by atoms with E-state index in [2.05, 4.69) is 15.9 Å². The van der Waals surface area contributed by atoms with E-state index in [1.807, 2.05) is 42.7 Å². The molecule has 1 aromatic heterocycles. The van der Waals surface area contributed by atoms with Gasteiger partial charge in [0.25, 0.3) is 0 Å². The molecule has 0 unspecified atom stereocenters. The van der Waals surface area contributed by atoms with Gasteiger partial charge in [0, 0.05) is 10.5 Å². The van der Waals surface area contributed by atoms with Gasteiger partial charge < -0.3 is 0 Å². The highest BCUT2D eigenvalue weighted by Gasteiger charge is 2.14. The molecule has 0 aliphatic carbocycles. The van der Waals surface area contributed by atoms with Crippen LogP contribution in [0, 0.1) is 0 Å². The minimum atomic E-state index is 0.0978. The molecule has 0 fully saturated rings. The Bertz CT molecular complexity index is 519. The molecule has 2 aromatic rings. The lowest BCUT2D eigenvalue weighted by atomic mass is 10.1. The summed E-state index contributed by atoms with van der Waals surface area (Å²) in [5.41, 5.74) is 0.782. The zero-order chi connectivity index (χ0) is 11.5. The molecule has 1 nitrogen and oxygen atoms in total. The summed E-state index contributed by atoms with van der Waals surface area (Å²) in [6.07, 6.45) is 1.98. The van der Waals surface area contributed by atoms with Crippen molar-refractivity contribution >= 4 is 44.8 Å². The van der Waals surface area contributed by atoms with Crippen molar-refractivity contribution in [3.05, 3.63) is 50.6 Å². The van der Waals surface area contributed by atoms with Gasteiger partial charge in [-0.1, -0.05) is 12.1 Å². The van der Waals surface area contributed by atoms with E-state index in [4.69, 9.17) is 0 Å². The van der Waals surface area contributed by atoms with Crippen molar-refractivity contribution in [1.82, 2.24) is 0 Å². The number of thioether (sulfide) groups is 1. The van der Waals surface area contributed by atoms with Gasteiger partial charge in [0.05, 0.1) is 8.66 Å². The Hall–Kier alpha value is -0.580. The van der Waals surface area contributed by atoms with E-state index in [0.29, 0.717) is 0 Å². The lowest BCUT2D eigenvalue weighted by Gasteiger charge is -2.03. The van der Waals surface area contributed by atoms with Gasteiger partial charge in [0.15, 0.2) is 0 Å². The number of carbonyl (C=O) groups excluding carboxylic acids is 1. The zero-order valence-corrected chi connectivity index (χ0v) is 11.8. The third-order valence-corrected chi connectivity index (χ3v) is 4.57. The smallest absolute Gasteiger partial charge is 0.204 e. The summed E-state index contributed by atoms with van der Waals surface area (Å²) in [5, 5.41) is 0. The van der Waals surface area contributed by atoms with E-state index in [-0.39, 0.29) is 5.78 Å². The van der Waals surface area contributed by atoms with Crippen molar-refractivity contribution in [2.75, 3.05) is 6.26 Å². The van der Waals surface area contributed by atoms with Crippen LogP contribution in [-0.4, -0.2) is 12.0 Å².